The Morgan fingerprint density at radius 2 is 2.16 bits per heavy atom. The van der Waals surface area contributed by atoms with Gasteiger partial charge in [0.2, 0.25) is 0 Å². The molecule has 25 heavy (non-hydrogen) atoms. The number of imidazole rings is 1. The van der Waals surface area contributed by atoms with Gasteiger partial charge in [0, 0.05) is 0 Å². The maximum atomic E-state index is 9.57. The van der Waals surface area contributed by atoms with Gasteiger partial charge in [0.1, 0.15) is 11.9 Å². The number of fused-ring (bicyclic) bond motifs is 1. The third-order valence-corrected chi connectivity index (χ3v) is 4.41. The number of benzene rings is 2. The van der Waals surface area contributed by atoms with E-state index < -0.39 is 0 Å². The average Bonchev–Trinajstić information content (AvgIpc) is 3.03. The molecule has 0 bridgehead atoms. The molecule has 0 fully saturated rings. The highest BCUT2D eigenvalue weighted by Gasteiger charge is 2.12. The van der Waals surface area contributed by atoms with E-state index in [1.807, 2.05) is 43.3 Å². The lowest BCUT2D eigenvalue weighted by Gasteiger charge is -2.12. The molecule has 0 radical (unpaired) electrons. The van der Waals surface area contributed by atoms with Crippen molar-refractivity contribution in [2.24, 2.45) is 0 Å². The van der Waals surface area contributed by atoms with Crippen LogP contribution in [0.3, 0.4) is 0 Å². The molecule has 0 saturated heterocycles. The van der Waals surface area contributed by atoms with Gasteiger partial charge in [0.25, 0.3) is 0 Å². The van der Waals surface area contributed by atoms with Gasteiger partial charge in [-0.25, -0.2) is 4.98 Å². The fourth-order valence-corrected chi connectivity index (χ4v) is 3.38. The highest BCUT2D eigenvalue weighted by Crippen LogP contribution is 2.35. The molecular weight excluding hydrogens is 429 g/mol. The van der Waals surface area contributed by atoms with E-state index in [1.54, 1.807) is 13.2 Å². The molecular formula is C19H16IN3O2. The zero-order valence-electron chi connectivity index (χ0n) is 13.8. The fourth-order valence-electron chi connectivity index (χ4n) is 2.53. The number of nitrogens with one attached hydrogen (secondary N) is 1. The zero-order chi connectivity index (χ0) is 17.8. The molecule has 3 rings (SSSR count). The number of aromatic nitrogens is 2. The summed E-state index contributed by atoms with van der Waals surface area (Å²) in [6, 6.07) is 13.7. The van der Waals surface area contributed by atoms with E-state index in [2.05, 4.69) is 38.6 Å². The third kappa shape index (κ3) is 3.61. The lowest BCUT2D eigenvalue weighted by Crippen LogP contribution is -1.98. The van der Waals surface area contributed by atoms with Gasteiger partial charge in [0.05, 0.1) is 33.9 Å². The van der Waals surface area contributed by atoms with Crippen molar-refractivity contribution in [3.05, 3.63) is 51.4 Å². The average molecular weight is 445 g/mol. The van der Waals surface area contributed by atoms with Crippen molar-refractivity contribution in [3.8, 4) is 17.6 Å². The maximum Gasteiger partial charge on any atom is 0.174 e. The van der Waals surface area contributed by atoms with E-state index in [9.17, 15) is 5.26 Å². The van der Waals surface area contributed by atoms with Crippen molar-refractivity contribution >= 4 is 45.3 Å². The Bertz CT molecular complexity index is 953. The number of nitriles is 1. The number of ether oxygens (including phenoxy) is 2. The van der Waals surface area contributed by atoms with Gasteiger partial charge in [-0.05, 0) is 65.4 Å². The quantitative estimate of drug-likeness (QED) is 0.459. The third-order valence-electron chi connectivity index (χ3n) is 3.61. The molecule has 126 valence electrons. The first-order chi connectivity index (χ1) is 12.2. The molecule has 1 heterocycles. The van der Waals surface area contributed by atoms with Crippen LogP contribution in [0.5, 0.6) is 11.5 Å². The van der Waals surface area contributed by atoms with Crippen LogP contribution < -0.4 is 9.47 Å². The van der Waals surface area contributed by atoms with Crippen LogP contribution in [0.1, 0.15) is 18.3 Å². The van der Waals surface area contributed by atoms with Gasteiger partial charge in [-0.1, -0.05) is 12.1 Å². The summed E-state index contributed by atoms with van der Waals surface area (Å²) in [6.07, 6.45) is 1.79. The van der Waals surface area contributed by atoms with Crippen LogP contribution in [0.25, 0.3) is 22.7 Å². The minimum absolute atomic E-state index is 0.458. The van der Waals surface area contributed by atoms with E-state index >= 15 is 0 Å². The Morgan fingerprint density at radius 3 is 2.84 bits per heavy atom. The minimum Gasteiger partial charge on any atom is -0.492 e. The number of allylic oxidation sites excluding steroid dienone is 1. The molecule has 0 amide bonds. The Labute approximate surface area is 159 Å². The van der Waals surface area contributed by atoms with E-state index in [0.29, 0.717) is 29.5 Å². The second-order valence-electron chi connectivity index (χ2n) is 5.24. The van der Waals surface area contributed by atoms with E-state index in [1.165, 1.54) is 0 Å². The standard InChI is InChI=1S/C19H16IN3O2/c1-3-25-17-10-12(9-14(20)18(17)24-2)8-13(11-21)19-22-15-6-4-5-7-16(15)23-19/h4-10H,3H2,1-2H3,(H,22,23). The normalized spacial score (nSPS) is 11.4. The predicted molar refractivity (Wildman–Crippen MR) is 106 cm³/mol. The molecule has 0 aliphatic heterocycles. The van der Waals surface area contributed by atoms with Crippen molar-refractivity contribution in [1.29, 1.82) is 5.26 Å². The second kappa shape index (κ2) is 7.57. The number of aromatic amines is 1. The fraction of sp³-hybridized carbons (Fsp3) is 0.158. The number of H-pyrrole nitrogens is 1. The number of para-hydroxylation sites is 2. The lowest BCUT2D eigenvalue weighted by atomic mass is 10.1. The first-order valence-corrected chi connectivity index (χ1v) is 8.81. The number of halogens is 1. The first-order valence-electron chi connectivity index (χ1n) is 7.73. The Morgan fingerprint density at radius 1 is 1.36 bits per heavy atom. The SMILES string of the molecule is CCOc1cc(C=C(C#N)c2nc3ccccc3[nH]2)cc(I)c1OC. The summed E-state index contributed by atoms with van der Waals surface area (Å²) in [4.78, 5) is 7.67. The second-order valence-corrected chi connectivity index (χ2v) is 6.40. The van der Waals surface area contributed by atoms with Gasteiger partial charge >= 0.3 is 0 Å². The van der Waals surface area contributed by atoms with Crippen LogP contribution in [0.2, 0.25) is 0 Å². The number of rotatable bonds is 5. The van der Waals surface area contributed by atoms with Crippen molar-refractivity contribution in [1.82, 2.24) is 9.97 Å². The molecule has 1 N–H and O–H groups in total. The van der Waals surface area contributed by atoms with Crippen molar-refractivity contribution in [2.45, 2.75) is 6.92 Å². The molecule has 1 aromatic heterocycles. The van der Waals surface area contributed by atoms with Crippen molar-refractivity contribution < 1.29 is 9.47 Å². The van der Waals surface area contributed by atoms with E-state index in [-0.39, 0.29) is 0 Å². The summed E-state index contributed by atoms with van der Waals surface area (Å²) in [5, 5.41) is 9.57. The first kappa shape index (κ1) is 17.3. The molecule has 0 aliphatic rings. The lowest BCUT2D eigenvalue weighted by molar-refractivity contribution is 0.309. The summed E-state index contributed by atoms with van der Waals surface area (Å²) < 4.78 is 12.0. The molecule has 0 saturated carbocycles. The molecule has 5 nitrogen and oxygen atoms in total. The number of methoxy groups -OCH3 is 1. The van der Waals surface area contributed by atoms with E-state index in [4.69, 9.17) is 9.47 Å². The van der Waals surface area contributed by atoms with Crippen LogP contribution in [-0.4, -0.2) is 23.7 Å². The van der Waals surface area contributed by atoms with Crippen LogP contribution >= 0.6 is 22.6 Å². The summed E-state index contributed by atoms with van der Waals surface area (Å²) in [7, 11) is 1.62. The smallest absolute Gasteiger partial charge is 0.174 e. The highest BCUT2D eigenvalue weighted by atomic mass is 127. The monoisotopic (exact) mass is 445 g/mol. The predicted octanol–water partition coefficient (Wildman–Crippen LogP) is 4.64. The van der Waals surface area contributed by atoms with Crippen LogP contribution in [0.4, 0.5) is 0 Å². The molecule has 6 heteroatoms. The van der Waals surface area contributed by atoms with Gasteiger partial charge in [-0.15, -0.1) is 0 Å². The van der Waals surface area contributed by atoms with Crippen LogP contribution in [0, 0.1) is 14.9 Å². The number of hydrogen-bond donors (Lipinski definition) is 1. The Balaban J connectivity index is 2.06. The largest absolute Gasteiger partial charge is 0.492 e. The molecule has 0 unspecified atom stereocenters. The van der Waals surface area contributed by atoms with Gasteiger partial charge in [-0.2, -0.15) is 5.26 Å². The molecule has 3 aromatic rings. The highest BCUT2D eigenvalue weighted by molar-refractivity contribution is 14.1. The Hall–Kier alpha value is -2.53. The summed E-state index contributed by atoms with van der Waals surface area (Å²) in [6.45, 7) is 2.46. The Kier molecular flexibility index (Phi) is 5.24. The van der Waals surface area contributed by atoms with Gasteiger partial charge < -0.3 is 14.5 Å². The van der Waals surface area contributed by atoms with Crippen molar-refractivity contribution in [2.75, 3.05) is 13.7 Å². The minimum atomic E-state index is 0.458. The number of nitrogens with zero attached hydrogens (tertiary/aromatic N) is 2. The number of hydrogen-bond acceptors (Lipinski definition) is 4. The van der Waals surface area contributed by atoms with Gasteiger partial charge in [-0.3, -0.25) is 0 Å². The summed E-state index contributed by atoms with van der Waals surface area (Å²) >= 11 is 2.20. The molecule has 0 aliphatic carbocycles. The van der Waals surface area contributed by atoms with Crippen LogP contribution in [-0.2, 0) is 0 Å². The van der Waals surface area contributed by atoms with Crippen molar-refractivity contribution in [3.63, 3.8) is 0 Å². The van der Waals surface area contributed by atoms with Gasteiger partial charge in [0.15, 0.2) is 11.5 Å². The summed E-state index contributed by atoms with van der Waals surface area (Å²) in [5.74, 6) is 1.90. The molecule has 2 aromatic carbocycles. The topological polar surface area (TPSA) is 70.9 Å². The maximum absolute atomic E-state index is 9.57. The zero-order valence-corrected chi connectivity index (χ0v) is 16.0. The van der Waals surface area contributed by atoms with E-state index in [0.717, 1.165) is 20.2 Å². The molecule has 0 spiro atoms. The van der Waals surface area contributed by atoms with Crippen LogP contribution in [0.15, 0.2) is 36.4 Å². The molecule has 0 atom stereocenters. The summed E-state index contributed by atoms with van der Waals surface area (Å²) in [5.41, 5.74) is 3.04.